The quantitative estimate of drug-likeness (QED) is 0.0125. The zero-order valence-electron chi connectivity index (χ0n) is 59.8. The molecule has 6 amide bonds. The van der Waals surface area contributed by atoms with Gasteiger partial charge in [-0.15, -0.1) is 0 Å². The number of hydrogen-bond acceptors (Lipinski definition) is 19. The standard InChI is InChI=1S/C26H25ClF2N6O3.C25H23ClF2N6O3.C23H25ClFN5O5S/c1-17(37)35(32-12-19-4-3-5-24(29)26(19)27)23(10-22-13-33(2)15-31-22)14-38-34(16-36)25-9-20-8-21(28)7-6-18(20)11-30-25;1-15(35)34(32-11-17-3-2-4-22(28)24(17)26)21(9-20-12-29-14-31-20)13-37-25(36)33-23-8-18-7-19(27)6-5-16(18)10-30-23;1-15(31)30(27-12-18-8-5-9-20(25)22(18)24)19(13-28-36(2,33)34)14-35-23(32)29-21-10-16-6-3-4-7-17(16)11-26-21/h3-9,11,13,15-16,23,32H,10,12,14H2,1-2H3;2-8,10,12,14,21,32H,9,11,13H2,1H3,(H,29,31)(H,30,33,36);3-11,19,27-28H,12-14H2,1-2H3,(H,26,29,32)/t23-;21-;19-/m000/s1. The van der Waals surface area contributed by atoms with E-state index in [2.05, 4.69) is 61.5 Å². The summed E-state index contributed by atoms with van der Waals surface area (Å²) in [5.74, 6) is -3.24. The Balaban J connectivity index is 0.000000191. The molecule has 0 saturated heterocycles. The van der Waals surface area contributed by atoms with Gasteiger partial charge in [-0.25, -0.2) is 85.9 Å². The van der Waals surface area contributed by atoms with E-state index in [4.69, 9.17) is 49.1 Å². The number of aromatic nitrogens is 7. The molecule has 11 aromatic rings. The van der Waals surface area contributed by atoms with E-state index >= 15 is 0 Å². The minimum absolute atomic E-state index is 0.0429. The average molecular weight is 1610 g/mol. The van der Waals surface area contributed by atoms with E-state index in [-0.39, 0.29) is 103 Å². The maximum atomic E-state index is 13.9. The number of H-pyrrole nitrogens is 1. The Labute approximate surface area is 647 Å². The van der Waals surface area contributed by atoms with E-state index in [9.17, 15) is 59.1 Å². The lowest BCUT2D eigenvalue weighted by Crippen LogP contribution is -2.54. The Bertz CT molecular complexity index is 5220. The number of benzene rings is 6. The predicted molar refractivity (Wildman–Crippen MR) is 405 cm³/mol. The molecule has 3 atom stereocenters. The smallest absolute Gasteiger partial charge is 0.412 e. The Hall–Kier alpha value is -11.3. The van der Waals surface area contributed by atoms with Crippen LogP contribution in [-0.2, 0) is 83.0 Å². The van der Waals surface area contributed by atoms with E-state index in [1.165, 1.54) is 122 Å². The third-order valence-corrected chi connectivity index (χ3v) is 18.3. The van der Waals surface area contributed by atoms with Crippen molar-refractivity contribution in [1.82, 2.24) is 70.5 Å². The van der Waals surface area contributed by atoms with Crippen LogP contribution in [0.4, 0.5) is 49.0 Å². The molecule has 0 unspecified atom stereocenters. The van der Waals surface area contributed by atoms with Crippen LogP contribution >= 0.6 is 34.8 Å². The lowest BCUT2D eigenvalue weighted by molar-refractivity contribution is -0.138. The number of hydrogen-bond donors (Lipinski definition) is 7. The molecule has 582 valence electrons. The van der Waals surface area contributed by atoms with E-state index < -0.39 is 75.3 Å². The first kappa shape index (κ1) is 83.7. The van der Waals surface area contributed by atoms with Crippen molar-refractivity contribution in [1.29, 1.82) is 0 Å². The fourth-order valence-electron chi connectivity index (χ4n) is 10.9. The Kier molecular flexibility index (Phi) is 30.0. The summed E-state index contributed by atoms with van der Waals surface area (Å²) >= 11 is 18.1. The van der Waals surface area contributed by atoms with Gasteiger partial charge in [0.15, 0.2) is 5.82 Å². The molecule has 0 aliphatic heterocycles. The predicted octanol–water partition coefficient (Wildman–Crippen LogP) is 11.6. The fourth-order valence-corrected chi connectivity index (χ4v) is 12.0. The molecule has 0 bridgehead atoms. The monoisotopic (exact) mass is 1610 g/mol. The molecule has 28 nitrogen and oxygen atoms in total. The number of rotatable bonds is 30. The molecule has 0 radical (unpaired) electrons. The molecule has 6 aromatic carbocycles. The van der Waals surface area contributed by atoms with Crippen LogP contribution in [0.25, 0.3) is 32.3 Å². The van der Waals surface area contributed by atoms with Crippen LogP contribution in [-0.4, -0.2) is 145 Å². The number of imidazole rings is 2. The number of fused-ring (bicyclic) bond motifs is 3. The minimum Gasteiger partial charge on any atom is -0.447 e. The molecular formula is C74H73Cl3F5N17O11S. The van der Waals surface area contributed by atoms with E-state index in [1.54, 1.807) is 65.9 Å². The SMILES string of the molecule is CC(=O)N(NCc1cccc(F)c1Cl)[C@@H](CNS(C)(=O)=O)COC(=O)Nc1cc2ccccc2cn1.CC(=O)N(NCc1cccc(F)c1Cl)[C@H](COC(=O)Nc1cc2cc(F)ccc2cn1)Cc1cnc[nH]1.CC(=O)N(NCc1cccc(F)c1Cl)[C@H](CON(C=O)c1cc2cc(F)ccc2cn1)Cc1cn(C)cn1. The van der Waals surface area contributed by atoms with Crippen molar-refractivity contribution >= 4 is 131 Å². The maximum Gasteiger partial charge on any atom is 0.412 e. The van der Waals surface area contributed by atoms with Gasteiger partial charge in [-0.1, -0.05) is 95.5 Å². The molecule has 37 heteroatoms. The summed E-state index contributed by atoms with van der Waals surface area (Å²) in [6.45, 7) is 3.06. The largest absolute Gasteiger partial charge is 0.447 e. The number of carbonyl (C=O) groups excluding carboxylic acids is 6. The number of aromatic amines is 1. The van der Waals surface area contributed by atoms with Gasteiger partial charge in [-0.05, 0) is 106 Å². The molecule has 0 aliphatic carbocycles. The zero-order valence-corrected chi connectivity index (χ0v) is 62.9. The van der Waals surface area contributed by atoms with Gasteiger partial charge in [-0.2, -0.15) is 5.06 Å². The lowest BCUT2D eigenvalue weighted by Gasteiger charge is -2.32. The number of aryl methyl sites for hydroxylation is 1. The number of hydroxylamine groups is 1. The summed E-state index contributed by atoms with van der Waals surface area (Å²) in [4.78, 5) is 104. The first-order valence-electron chi connectivity index (χ1n) is 33.6. The van der Waals surface area contributed by atoms with Crippen LogP contribution in [0, 0.1) is 29.1 Å². The number of halogens is 8. The first-order valence-corrected chi connectivity index (χ1v) is 36.6. The summed E-state index contributed by atoms with van der Waals surface area (Å²) in [5.41, 5.74) is 11.4. The first-order chi connectivity index (χ1) is 53.1. The molecule has 0 spiro atoms. The third-order valence-electron chi connectivity index (χ3n) is 16.3. The molecule has 0 fully saturated rings. The Morgan fingerprint density at radius 1 is 0.550 bits per heavy atom. The number of hydrazine groups is 3. The topological polar surface area (TPSA) is 335 Å². The summed E-state index contributed by atoms with van der Waals surface area (Å²) < 4.78 is 107. The van der Waals surface area contributed by atoms with Crippen molar-refractivity contribution < 1.29 is 73.4 Å². The average Bonchev–Trinajstić information content (AvgIpc) is 0.946. The molecule has 0 aliphatic rings. The van der Waals surface area contributed by atoms with Gasteiger partial charge in [0.05, 0.1) is 64.4 Å². The summed E-state index contributed by atoms with van der Waals surface area (Å²) in [7, 11) is -1.80. The van der Waals surface area contributed by atoms with Crippen molar-refractivity contribution in [2.75, 3.05) is 48.3 Å². The highest BCUT2D eigenvalue weighted by atomic mass is 35.5. The van der Waals surface area contributed by atoms with Crippen LogP contribution in [0.5, 0.6) is 0 Å². The highest BCUT2D eigenvalue weighted by Gasteiger charge is 2.29. The van der Waals surface area contributed by atoms with Crippen LogP contribution in [0.2, 0.25) is 15.1 Å². The van der Waals surface area contributed by atoms with Gasteiger partial charge < -0.3 is 19.0 Å². The Morgan fingerprint density at radius 3 is 1.48 bits per heavy atom. The van der Waals surface area contributed by atoms with E-state index in [0.717, 1.165) is 27.1 Å². The molecule has 111 heavy (non-hydrogen) atoms. The van der Waals surface area contributed by atoms with E-state index in [0.29, 0.717) is 56.0 Å². The van der Waals surface area contributed by atoms with Gasteiger partial charge in [-0.3, -0.25) is 49.7 Å². The van der Waals surface area contributed by atoms with Gasteiger partial charge in [0.1, 0.15) is 53.9 Å². The molecule has 5 heterocycles. The minimum atomic E-state index is -3.62. The number of sulfonamides is 1. The molecule has 11 rings (SSSR count). The second-order valence-corrected chi connectivity index (χ2v) is 27.6. The van der Waals surface area contributed by atoms with Crippen molar-refractivity contribution in [2.24, 2.45) is 7.05 Å². The third kappa shape index (κ3) is 24.8. The highest BCUT2D eigenvalue weighted by molar-refractivity contribution is 7.88. The number of carbonyl (C=O) groups is 6. The second-order valence-electron chi connectivity index (χ2n) is 24.6. The van der Waals surface area contributed by atoms with Gasteiger partial charge in [0, 0.05) is 120 Å². The fraction of sp³-hybridized carbons (Fsp3) is 0.230. The van der Waals surface area contributed by atoms with Gasteiger partial charge >= 0.3 is 12.2 Å². The number of anilines is 3. The van der Waals surface area contributed by atoms with Crippen molar-refractivity contribution in [3.8, 4) is 0 Å². The maximum absolute atomic E-state index is 13.9. The molecule has 5 aromatic heterocycles. The van der Waals surface area contributed by atoms with Crippen LogP contribution in [0.1, 0.15) is 48.8 Å². The van der Waals surface area contributed by atoms with Crippen molar-refractivity contribution in [3.05, 3.63) is 249 Å². The number of nitrogens with one attached hydrogen (secondary N) is 7. The van der Waals surface area contributed by atoms with E-state index in [1.807, 2.05) is 31.3 Å². The highest BCUT2D eigenvalue weighted by Crippen LogP contribution is 2.26. The van der Waals surface area contributed by atoms with Gasteiger partial charge in [0.2, 0.25) is 34.2 Å². The Morgan fingerprint density at radius 2 is 1.01 bits per heavy atom. The summed E-state index contributed by atoms with van der Waals surface area (Å²) in [6.07, 6.45) is 11.4. The van der Waals surface area contributed by atoms with Crippen LogP contribution < -0.4 is 36.7 Å². The summed E-state index contributed by atoms with van der Waals surface area (Å²) in [5, 5.41) is 13.7. The van der Waals surface area contributed by atoms with Crippen molar-refractivity contribution in [2.45, 2.75) is 71.4 Å². The lowest BCUT2D eigenvalue weighted by atomic mass is 10.1. The molecule has 7 N–H and O–H groups in total. The molecule has 0 saturated carbocycles. The number of pyridine rings is 3. The summed E-state index contributed by atoms with van der Waals surface area (Å²) in [6, 6.07) is 31.4. The normalized spacial score (nSPS) is 12.0. The van der Waals surface area contributed by atoms with Crippen molar-refractivity contribution in [3.63, 3.8) is 0 Å². The molecular weight excluding hydrogens is 1540 g/mol. The number of amides is 6. The number of nitrogens with zero attached hydrogens (tertiary/aromatic N) is 10. The second kappa shape index (κ2) is 39.9. The van der Waals surface area contributed by atoms with Crippen LogP contribution in [0.15, 0.2) is 177 Å². The van der Waals surface area contributed by atoms with Crippen LogP contribution in [0.3, 0.4) is 0 Å². The zero-order chi connectivity index (χ0) is 79.9. The number of ether oxygens (including phenoxy) is 2. The van der Waals surface area contributed by atoms with Gasteiger partial charge in [0.25, 0.3) is 0 Å².